The van der Waals surface area contributed by atoms with Crippen molar-refractivity contribution < 1.29 is 4.74 Å². The smallest absolute Gasteiger partial charge is 0.118 e. The van der Waals surface area contributed by atoms with E-state index < -0.39 is 0 Å². The van der Waals surface area contributed by atoms with Crippen molar-refractivity contribution in [2.24, 2.45) is 0 Å². The van der Waals surface area contributed by atoms with Gasteiger partial charge in [-0.1, -0.05) is 25.7 Å². The van der Waals surface area contributed by atoms with Crippen LogP contribution in [-0.2, 0) is 4.74 Å². The van der Waals surface area contributed by atoms with Crippen LogP contribution in [0.15, 0.2) is 0 Å². The summed E-state index contributed by atoms with van der Waals surface area (Å²) in [6.45, 7) is 8.31. The third-order valence-electron chi connectivity index (χ3n) is 1.75. The van der Waals surface area contributed by atoms with Crippen molar-refractivity contribution in [1.82, 2.24) is 0 Å². The predicted molar refractivity (Wildman–Crippen MR) is 57.6 cm³/mol. The van der Waals surface area contributed by atoms with Crippen LogP contribution >= 0.6 is 0 Å². The van der Waals surface area contributed by atoms with Crippen LogP contribution in [0.25, 0.3) is 0 Å². The molecule has 0 bridgehead atoms. The van der Waals surface area contributed by atoms with Crippen molar-refractivity contribution in [3.8, 4) is 12.3 Å². The van der Waals surface area contributed by atoms with Crippen molar-refractivity contribution in [3.63, 3.8) is 0 Å². The highest BCUT2D eigenvalue weighted by atomic mass is 16.5. The first-order valence-electron chi connectivity index (χ1n) is 5.13. The predicted octanol–water partition coefficient (Wildman–Crippen LogP) is 3.38. The van der Waals surface area contributed by atoms with Gasteiger partial charge in [-0.05, 0) is 33.6 Å². The highest BCUT2D eigenvalue weighted by molar-refractivity contribution is 4.95. The molecule has 0 heterocycles. The maximum Gasteiger partial charge on any atom is 0.118 e. The topological polar surface area (TPSA) is 9.23 Å². The Hall–Kier alpha value is -0.480. The molecule has 0 N–H and O–H groups in total. The Bertz CT molecular complexity index is 159. The van der Waals surface area contributed by atoms with Gasteiger partial charge in [0.05, 0.1) is 5.60 Å². The number of ether oxygens (including phenoxy) is 1. The molecule has 0 fully saturated rings. The third kappa shape index (κ3) is 7.87. The van der Waals surface area contributed by atoms with Crippen molar-refractivity contribution in [2.75, 3.05) is 0 Å². The fourth-order valence-electron chi connectivity index (χ4n) is 1.18. The van der Waals surface area contributed by atoms with Gasteiger partial charge in [-0.2, -0.15) is 0 Å². The fourth-order valence-corrected chi connectivity index (χ4v) is 1.18. The van der Waals surface area contributed by atoms with Crippen LogP contribution in [0.5, 0.6) is 0 Å². The van der Waals surface area contributed by atoms with E-state index in [1.807, 2.05) is 20.8 Å². The average molecular weight is 182 g/mol. The molecule has 0 amide bonds. The molecule has 0 saturated heterocycles. The highest BCUT2D eigenvalue weighted by Gasteiger charge is 2.16. The molecule has 0 unspecified atom stereocenters. The standard InChI is InChI=1S/C12H22O/c1-6-8-9-10-11(7-2)13-12(3,4)5/h2,11H,6,8-10H2,1,3-5H3/t11-/m0/s1. The zero-order chi connectivity index (χ0) is 10.3. The molecule has 0 spiro atoms. The highest BCUT2D eigenvalue weighted by Crippen LogP contribution is 2.14. The largest absolute Gasteiger partial charge is 0.360 e. The van der Waals surface area contributed by atoms with Gasteiger partial charge in [-0.15, -0.1) is 6.42 Å². The van der Waals surface area contributed by atoms with Gasteiger partial charge in [0.25, 0.3) is 0 Å². The monoisotopic (exact) mass is 182 g/mol. The van der Waals surface area contributed by atoms with Crippen molar-refractivity contribution in [2.45, 2.75) is 65.1 Å². The second-order valence-electron chi connectivity index (χ2n) is 4.38. The summed E-state index contributed by atoms with van der Waals surface area (Å²) in [5, 5.41) is 0. The van der Waals surface area contributed by atoms with Gasteiger partial charge < -0.3 is 4.74 Å². The summed E-state index contributed by atoms with van der Waals surface area (Å²) < 4.78 is 5.70. The van der Waals surface area contributed by atoms with E-state index in [0.717, 1.165) is 6.42 Å². The molecule has 1 nitrogen and oxygen atoms in total. The zero-order valence-electron chi connectivity index (χ0n) is 9.39. The van der Waals surface area contributed by atoms with Gasteiger partial charge >= 0.3 is 0 Å². The minimum absolute atomic E-state index is 0.00782. The molecule has 1 heteroatoms. The maximum atomic E-state index is 5.70. The molecule has 0 radical (unpaired) electrons. The molecule has 0 aliphatic rings. The second-order valence-corrected chi connectivity index (χ2v) is 4.38. The first-order valence-corrected chi connectivity index (χ1v) is 5.13. The van der Waals surface area contributed by atoms with Crippen LogP contribution in [0.3, 0.4) is 0 Å². The molecule has 0 saturated carbocycles. The Balaban J connectivity index is 3.72. The van der Waals surface area contributed by atoms with Crippen LogP contribution in [0.1, 0.15) is 53.4 Å². The summed E-state index contributed by atoms with van der Waals surface area (Å²) in [6.07, 6.45) is 10.0. The van der Waals surface area contributed by atoms with Crippen LogP contribution in [0.2, 0.25) is 0 Å². The molecular formula is C12H22O. The van der Waals surface area contributed by atoms with E-state index in [0.29, 0.717) is 0 Å². The van der Waals surface area contributed by atoms with Gasteiger partial charge in [0, 0.05) is 0 Å². The summed E-state index contributed by atoms with van der Waals surface area (Å²) in [7, 11) is 0. The van der Waals surface area contributed by atoms with Crippen molar-refractivity contribution in [1.29, 1.82) is 0 Å². The number of hydrogen-bond donors (Lipinski definition) is 0. The fraction of sp³-hybridized carbons (Fsp3) is 0.833. The zero-order valence-corrected chi connectivity index (χ0v) is 9.39. The summed E-state index contributed by atoms with van der Waals surface area (Å²) >= 11 is 0. The van der Waals surface area contributed by atoms with Crippen molar-refractivity contribution in [3.05, 3.63) is 0 Å². The Kier molecular flexibility index (Phi) is 5.82. The molecule has 1 atom stereocenters. The number of rotatable bonds is 5. The Morgan fingerprint density at radius 2 is 1.92 bits per heavy atom. The summed E-state index contributed by atoms with van der Waals surface area (Å²) in [5.41, 5.74) is -0.122. The molecule has 0 aromatic heterocycles. The Labute approximate surface area is 82.9 Å². The Morgan fingerprint density at radius 3 is 2.31 bits per heavy atom. The Morgan fingerprint density at radius 1 is 1.31 bits per heavy atom. The molecule has 0 rings (SSSR count). The van der Waals surface area contributed by atoms with E-state index >= 15 is 0 Å². The van der Waals surface area contributed by atoms with E-state index in [4.69, 9.17) is 11.2 Å². The minimum Gasteiger partial charge on any atom is -0.360 e. The van der Waals surface area contributed by atoms with Gasteiger partial charge in [-0.25, -0.2) is 0 Å². The second kappa shape index (κ2) is 6.05. The molecule has 0 aromatic rings. The van der Waals surface area contributed by atoms with Gasteiger partial charge in [0.1, 0.15) is 6.10 Å². The van der Waals surface area contributed by atoms with Crippen LogP contribution in [-0.4, -0.2) is 11.7 Å². The van der Waals surface area contributed by atoms with Crippen LogP contribution < -0.4 is 0 Å². The summed E-state index contributed by atoms with van der Waals surface area (Å²) in [5.74, 6) is 2.70. The molecule has 0 aliphatic carbocycles. The number of terminal acetylenes is 1. The maximum absolute atomic E-state index is 5.70. The van der Waals surface area contributed by atoms with Gasteiger partial charge in [-0.3, -0.25) is 0 Å². The SMILES string of the molecule is C#C[C@@H](CCCCC)OC(C)(C)C. The number of hydrogen-bond acceptors (Lipinski definition) is 1. The van der Waals surface area contributed by atoms with E-state index in [9.17, 15) is 0 Å². The molecule has 0 aliphatic heterocycles. The third-order valence-corrected chi connectivity index (χ3v) is 1.75. The first kappa shape index (κ1) is 12.5. The van der Waals surface area contributed by atoms with E-state index in [1.54, 1.807) is 0 Å². The number of unbranched alkanes of at least 4 members (excludes halogenated alkanes) is 2. The van der Waals surface area contributed by atoms with E-state index in [1.165, 1.54) is 19.3 Å². The minimum atomic E-state index is -0.122. The lowest BCUT2D eigenvalue weighted by molar-refractivity contribution is -0.0373. The van der Waals surface area contributed by atoms with Gasteiger partial charge in [0.2, 0.25) is 0 Å². The normalized spacial score (nSPS) is 13.8. The molecule has 13 heavy (non-hydrogen) atoms. The lowest BCUT2D eigenvalue weighted by Gasteiger charge is -2.24. The average Bonchev–Trinajstić information content (AvgIpc) is 2.01. The summed E-state index contributed by atoms with van der Waals surface area (Å²) in [4.78, 5) is 0. The first-order chi connectivity index (χ1) is 5.99. The lowest BCUT2D eigenvalue weighted by atomic mass is 10.1. The van der Waals surface area contributed by atoms with Crippen molar-refractivity contribution >= 4 is 0 Å². The van der Waals surface area contributed by atoms with Crippen LogP contribution in [0, 0.1) is 12.3 Å². The quantitative estimate of drug-likeness (QED) is 0.468. The molecule has 0 aromatic carbocycles. The lowest BCUT2D eigenvalue weighted by Crippen LogP contribution is -2.26. The van der Waals surface area contributed by atoms with E-state index in [2.05, 4.69) is 12.8 Å². The summed E-state index contributed by atoms with van der Waals surface area (Å²) in [6, 6.07) is 0. The van der Waals surface area contributed by atoms with E-state index in [-0.39, 0.29) is 11.7 Å². The van der Waals surface area contributed by atoms with Crippen LogP contribution in [0.4, 0.5) is 0 Å². The molecule has 76 valence electrons. The molecular weight excluding hydrogens is 160 g/mol. The van der Waals surface area contributed by atoms with Gasteiger partial charge in [0.15, 0.2) is 0 Å².